The molecule has 0 atom stereocenters. The Morgan fingerprint density at radius 3 is 2.56 bits per heavy atom. The van der Waals surface area contributed by atoms with E-state index in [1.54, 1.807) is 6.07 Å². The topological polar surface area (TPSA) is 37.3 Å². The van der Waals surface area contributed by atoms with Crippen molar-refractivity contribution in [3.8, 4) is 0 Å². The van der Waals surface area contributed by atoms with Gasteiger partial charge >= 0.3 is 5.97 Å². The maximum Gasteiger partial charge on any atom is 0.309 e. The molecule has 0 aliphatic heterocycles. The predicted octanol–water partition coefficient (Wildman–Crippen LogP) is 3.71. The average Bonchev–Trinajstić information content (AvgIpc) is 2.34. The lowest BCUT2D eigenvalue weighted by atomic mass is 9.70. The Morgan fingerprint density at radius 1 is 1.33 bits per heavy atom. The van der Waals surface area contributed by atoms with Crippen molar-refractivity contribution in [3.63, 3.8) is 0 Å². The number of hydrogen-bond acceptors (Lipinski definition) is 1. The summed E-state index contributed by atoms with van der Waals surface area (Å²) in [5, 5.41) is 9.52. The van der Waals surface area contributed by atoms with Crippen molar-refractivity contribution in [1.29, 1.82) is 0 Å². The van der Waals surface area contributed by atoms with Crippen LogP contribution in [0.25, 0.3) is 0 Å². The molecule has 1 saturated carbocycles. The number of carboxylic acids is 1. The monoisotopic (exact) mass is 250 g/mol. The van der Waals surface area contributed by atoms with Gasteiger partial charge in [0.1, 0.15) is 5.82 Å². The van der Waals surface area contributed by atoms with Gasteiger partial charge in [0.25, 0.3) is 0 Å². The molecule has 1 aliphatic rings. The summed E-state index contributed by atoms with van der Waals surface area (Å²) in [7, 11) is 0. The average molecular weight is 250 g/mol. The van der Waals surface area contributed by atoms with Gasteiger partial charge < -0.3 is 5.11 Å². The zero-order valence-corrected chi connectivity index (χ0v) is 10.7. The van der Waals surface area contributed by atoms with E-state index in [9.17, 15) is 14.3 Å². The van der Waals surface area contributed by atoms with Crippen LogP contribution in [0.3, 0.4) is 0 Å². The van der Waals surface area contributed by atoms with Gasteiger partial charge in [0.2, 0.25) is 0 Å². The van der Waals surface area contributed by atoms with Crippen molar-refractivity contribution in [2.24, 2.45) is 5.41 Å². The predicted molar refractivity (Wildman–Crippen MR) is 68.0 cm³/mol. The Kier molecular flexibility index (Phi) is 3.69. The van der Waals surface area contributed by atoms with Crippen LogP contribution in [0.4, 0.5) is 4.39 Å². The molecule has 2 nitrogen and oxygen atoms in total. The lowest BCUT2D eigenvalue weighted by Gasteiger charge is -2.33. The molecule has 0 amide bonds. The molecule has 98 valence electrons. The van der Waals surface area contributed by atoms with Crippen LogP contribution in [0.5, 0.6) is 0 Å². The van der Waals surface area contributed by atoms with Gasteiger partial charge in [-0.2, -0.15) is 0 Å². The van der Waals surface area contributed by atoms with E-state index in [2.05, 4.69) is 0 Å². The van der Waals surface area contributed by atoms with Crippen LogP contribution in [-0.2, 0) is 11.2 Å². The summed E-state index contributed by atoms with van der Waals surface area (Å²) in [4.78, 5) is 11.6. The van der Waals surface area contributed by atoms with Crippen LogP contribution in [0.2, 0.25) is 0 Å². The maximum absolute atomic E-state index is 13.1. The number of hydrogen-bond donors (Lipinski definition) is 1. The molecule has 0 radical (unpaired) electrons. The first-order valence-electron chi connectivity index (χ1n) is 6.52. The molecule has 0 bridgehead atoms. The Labute approximate surface area is 107 Å². The van der Waals surface area contributed by atoms with Crippen LogP contribution >= 0.6 is 0 Å². The Balaban J connectivity index is 2.26. The number of rotatable bonds is 3. The molecule has 1 N–H and O–H groups in total. The van der Waals surface area contributed by atoms with Crippen LogP contribution in [0.1, 0.15) is 43.2 Å². The maximum atomic E-state index is 13.1. The van der Waals surface area contributed by atoms with Crippen LogP contribution in [0, 0.1) is 18.2 Å². The molecule has 2 rings (SSSR count). The van der Waals surface area contributed by atoms with Gasteiger partial charge in [-0.05, 0) is 49.4 Å². The van der Waals surface area contributed by atoms with Crippen molar-refractivity contribution in [1.82, 2.24) is 0 Å². The summed E-state index contributed by atoms with van der Waals surface area (Å²) in [6.07, 6.45) is 5.07. The summed E-state index contributed by atoms with van der Waals surface area (Å²) in [6.45, 7) is 1.84. The van der Waals surface area contributed by atoms with Crippen LogP contribution in [-0.4, -0.2) is 11.1 Å². The highest BCUT2D eigenvalue weighted by atomic mass is 19.1. The van der Waals surface area contributed by atoms with Gasteiger partial charge in [-0.3, -0.25) is 4.79 Å². The summed E-state index contributed by atoms with van der Waals surface area (Å²) >= 11 is 0. The van der Waals surface area contributed by atoms with E-state index in [1.165, 1.54) is 12.1 Å². The molecule has 1 aromatic carbocycles. The molecule has 1 aliphatic carbocycles. The Bertz CT molecular complexity index is 448. The molecule has 18 heavy (non-hydrogen) atoms. The first kappa shape index (κ1) is 13.1. The highest BCUT2D eigenvalue weighted by Crippen LogP contribution is 2.40. The number of halogens is 1. The second-order valence-corrected chi connectivity index (χ2v) is 5.39. The third-order valence-corrected chi connectivity index (χ3v) is 4.10. The number of aliphatic carboxylic acids is 1. The number of carbonyl (C=O) groups is 1. The lowest BCUT2D eigenvalue weighted by Crippen LogP contribution is -2.35. The van der Waals surface area contributed by atoms with Gasteiger partial charge in [-0.25, -0.2) is 4.39 Å². The molecule has 3 heteroatoms. The second-order valence-electron chi connectivity index (χ2n) is 5.39. The molecule has 0 spiro atoms. The lowest BCUT2D eigenvalue weighted by molar-refractivity contribution is -0.151. The van der Waals surface area contributed by atoms with Gasteiger partial charge in [-0.15, -0.1) is 0 Å². The molecule has 0 unspecified atom stereocenters. The van der Waals surface area contributed by atoms with Gasteiger partial charge in [0, 0.05) is 0 Å². The van der Waals surface area contributed by atoms with E-state index in [1.807, 2.05) is 6.92 Å². The minimum atomic E-state index is -0.703. The number of carboxylic acid groups (broad SMARTS) is 1. The van der Waals surface area contributed by atoms with Crippen LogP contribution < -0.4 is 0 Å². The summed E-state index contributed by atoms with van der Waals surface area (Å²) in [6, 6.07) is 4.62. The summed E-state index contributed by atoms with van der Waals surface area (Å²) in [5.41, 5.74) is 1.17. The minimum Gasteiger partial charge on any atom is -0.481 e. The van der Waals surface area contributed by atoms with Gasteiger partial charge in [0.15, 0.2) is 0 Å². The van der Waals surface area contributed by atoms with E-state index in [0.29, 0.717) is 6.42 Å². The highest BCUT2D eigenvalue weighted by molar-refractivity contribution is 5.75. The summed E-state index contributed by atoms with van der Waals surface area (Å²) < 4.78 is 13.1. The molecule has 0 aromatic heterocycles. The number of aryl methyl sites for hydroxylation is 1. The molecule has 0 saturated heterocycles. The first-order chi connectivity index (χ1) is 8.53. The fourth-order valence-corrected chi connectivity index (χ4v) is 2.92. The third kappa shape index (κ3) is 2.55. The Morgan fingerprint density at radius 2 is 2.00 bits per heavy atom. The van der Waals surface area contributed by atoms with E-state index < -0.39 is 11.4 Å². The first-order valence-corrected chi connectivity index (χ1v) is 6.52. The molecular formula is C15H19FO2. The van der Waals surface area contributed by atoms with Crippen molar-refractivity contribution in [2.45, 2.75) is 45.4 Å². The normalized spacial score (nSPS) is 18.6. The van der Waals surface area contributed by atoms with E-state index in [0.717, 1.165) is 43.2 Å². The van der Waals surface area contributed by atoms with Crippen molar-refractivity contribution < 1.29 is 14.3 Å². The Hall–Kier alpha value is -1.38. The van der Waals surface area contributed by atoms with E-state index in [4.69, 9.17) is 0 Å². The molecule has 0 heterocycles. The second kappa shape index (κ2) is 5.09. The quantitative estimate of drug-likeness (QED) is 0.887. The molecule has 1 aromatic rings. The minimum absolute atomic E-state index is 0.260. The van der Waals surface area contributed by atoms with E-state index >= 15 is 0 Å². The zero-order chi connectivity index (χ0) is 13.2. The number of benzene rings is 1. The van der Waals surface area contributed by atoms with Crippen molar-refractivity contribution >= 4 is 5.97 Å². The smallest absolute Gasteiger partial charge is 0.309 e. The largest absolute Gasteiger partial charge is 0.481 e. The third-order valence-electron chi connectivity index (χ3n) is 4.10. The molecule has 1 fully saturated rings. The highest BCUT2D eigenvalue weighted by Gasteiger charge is 2.39. The van der Waals surface area contributed by atoms with Crippen LogP contribution in [0.15, 0.2) is 18.2 Å². The SMILES string of the molecule is Cc1cc(F)ccc1CC1(C(=O)O)CCCCC1. The zero-order valence-electron chi connectivity index (χ0n) is 10.7. The standard InChI is InChI=1S/C15H19FO2/c1-11-9-13(16)6-5-12(11)10-15(14(17)18)7-3-2-4-8-15/h5-6,9H,2-4,7-8,10H2,1H3,(H,17,18). The summed E-state index contributed by atoms with van der Waals surface area (Å²) in [5.74, 6) is -0.963. The van der Waals surface area contributed by atoms with Crippen molar-refractivity contribution in [3.05, 3.63) is 35.1 Å². The van der Waals surface area contributed by atoms with Gasteiger partial charge in [0.05, 0.1) is 5.41 Å². The van der Waals surface area contributed by atoms with Gasteiger partial charge in [-0.1, -0.05) is 25.3 Å². The fourth-order valence-electron chi connectivity index (χ4n) is 2.92. The van der Waals surface area contributed by atoms with E-state index in [-0.39, 0.29) is 5.82 Å². The molecular weight excluding hydrogens is 231 g/mol. The van der Waals surface area contributed by atoms with Crippen molar-refractivity contribution in [2.75, 3.05) is 0 Å². The fraction of sp³-hybridized carbons (Fsp3) is 0.533.